The van der Waals surface area contributed by atoms with Gasteiger partial charge in [-0.1, -0.05) is 50.1 Å². The van der Waals surface area contributed by atoms with Crippen LogP contribution in [0.2, 0.25) is 5.02 Å². The first-order valence-corrected chi connectivity index (χ1v) is 16.8. The van der Waals surface area contributed by atoms with Gasteiger partial charge >= 0.3 is 0 Å². The van der Waals surface area contributed by atoms with Crippen LogP contribution in [0.5, 0.6) is 5.75 Å². The molecule has 1 saturated carbocycles. The van der Waals surface area contributed by atoms with Crippen molar-refractivity contribution in [3.8, 4) is 5.75 Å². The Bertz CT molecular complexity index is 1270. The summed E-state index contributed by atoms with van der Waals surface area (Å²) in [6, 6.07) is 11.3. The van der Waals surface area contributed by atoms with E-state index in [9.17, 15) is 18.7 Å². The number of ether oxygens (including phenoxy) is 1. The number of fused-ring (bicyclic) bond motifs is 2. The maximum absolute atomic E-state index is 12.1. The van der Waals surface area contributed by atoms with E-state index in [4.69, 9.17) is 22.1 Å². The molecule has 0 radical (unpaired) electrons. The summed E-state index contributed by atoms with van der Waals surface area (Å²) in [5.74, 6) is 0.701. The lowest BCUT2D eigenvalue weighted by Gasteiger charge is -2.42. The van der Waals surface area contributed by atoms with Crippen molar-refractivity contribution in [1.29, 1.82) is 0 Å². The molecular weight excluding hydrogens is 572 g/mol. The molecule has 1 unspecified atom stereocenters. The number of aliphatic hydroxyl groups is 1. The highest BCUT2D eigenvalue weighted by Crippen LogP contribution is 2.41. The zero-order valence-electron chi connectivity index (χ0n) is 24.7. The molecule has 1 amide bonds. The van der Waals surface area contributed by atoms with Gasteiger partial charge in [0.1, 0.15) is 12.4 Å². The van der Waals surface area contributed by atoms with Gasteiger partial charge in [0.15, 0.2) is 11.1 Å². The summed E-state index contributed by atoms with van der Waals surface area (Å²) >= 11 is 4.45. The number of aliphatic hydroxyl groups excluding tert-OH is 1. The number of amides is 1. The third kappa shape index (κ3) is 8.37. The third-order valence-electron chi connectivity index (χ3n) is 8.94. The number of aryl methyl sites for hydroxylation is 1. The number of rotatable bonds is 11. The molecule has 1 aliphatic heterocycles. The minimum atomic E-state index is -1.85. The average molecular weight is 617 g/mol. The lowest BCUT2D eigenvalue weighted by Crippen LogP contribution is -2.43. The molecule has 0 spiro atoms. The van der Waals surface area contributed by atoms with Crippen molar-refractivity contribution in [2.45, 2.75) is 83.2 Å². The number of carbonyl (C=O) groups excluding carboxylic acids is 1. The maximum Gasteiger partial charge on any atom is 0.248 e. The molecule has 42 heavy (non-hydrogen) atoms. The zero-order chi connectivity index (χ0) is 30.2. The van der Waals surface area contributed by atoms with E-state index in [1.54, 1.807) is 6.07 Å². The largest absolute Gasteiger partial charge is 0.487 e. The number of allylic oxidation sites excluding steroid dienone is 1. The summed E-state index contributed by atoms with van der Waals surface area (Å²) in [5, 5.41) is 11.5. The highest BCUT2D eigenvalue weighted by Gasteiger charge is 2.37. The molecule has 0 saturated heterocycles. The molecule has 0 bridgehead atoms. The van der Waals surface area contributed by atoms with Crippen LogP contribution in [0.25, 0.3) is 0 Å². The summed E-state index contributed by atoms with van der Waals surface area (Å²) in [6.07, 6.45) is 10.3. The van der Waals surface area contributed by atoms with Gasteiger partial charge in [-0.15, -0.1) is 0 Å². The van der Waals surface area contributed by atoms with E-state index in [1.807, 2.05) is 56.3 Å². The molecule has 1 aliphatic carbocycles. The Kier molecular flexibility index (Phi) is 11.9. The van der Waals surface area contributed by atoms with Crippen LogP contribution in [0.15, 0.2) is 48.6 Å². The van der Waals surface area contributed by atoms with Crippen LogP contribution in [0, 0.1) is 17.8 Å². The lowest BCUT2D eigenvalue weighted by atomic mass is 9.70. The van der Waals surface area contributed by atoms with Gasteiger partial charge in [0.25, 0.3) is 0 Å². The number of anilines is 1. The Morgan fingerprint density at radius 3 is 2.71 bits per heavy atom. The molecule has 6 atom stereocenters. The van der Waals surface area contributed by atoms with Gasteiger partial charge in [-0.2, -0.15) is 0 Å². The van der Waals surface area contributed by atoms with Crippen molar-refractivity contribution >= 4 is 34.3 Å². The number of nitrogens with two attached hydrogens (primary N) is 1. The number of hydrogen-bond acceptors (Lipinski definition) is 5. The number of halogens is 1. The van der Waals surface area contributed by atoms with Crippen LogP contribution >= 0.6 is 11.6 Å². The molecule has 2 aromatic rings. The number of carbonyl (C=O) groups is 1. The zero-order valence-corrected chi connectivity index (χ0v) is 26.3. The number of primary amides is 1. The monoisotopic (exact) mass is 616 g/mol. The van der Waals surface area contributed by atoms with E-state index < -0.39 is 23.1 Å². The van der Waals surface area contributed by atoms with Gasteiger partial charge < -0.3 is 25.0 Å². The van der Waals surface area contributed by atoms with Gasteiger partial charge in [-0.25, -0.2) is 4.21 Å². The van der Waals surface area contributed by atoms with Crippen molar-refractivity contribution in [3.63, 3.8) is 0 Å². The van der Waals surface area contributed by atoms with Crippen molar-refractivity contribution in [1.82, 2.24) is 0 Å². The SMILES string of the molecule is CCC[C@H]([C@H](C)C/C=C/[C@H](O)[C@@H]1CC[C@H]1CN1CCCCc2cc(Cl)ccc2COc2ccc(C(N)=O)cc21)S(=O)O. The second-order valence-corrected chi connectivity index (χ2v) is 13.5. The van der Waals surface area contributed by atoms with Crippen LogP contribution in [-0.4, -0.2) is 44.2 Å². The van der Waals surface area contributed by atoms with Crippen LogP contribution in [0.4, 0.5) is 5.69 Å². The van der Waals surface area contributed by atoms with Crippen molar-refractivity contribution in [2.24, 2.45) is 23.5 Å². The van der Waals surface area contributed by atoms with Crippen LogP contribution in [0.3, 0.4) is 0 Å². The van der Waals surface area contributed by atoms with E-state index in [0.29, 0.717) is 30.8 Å². The molecule has 4 N–H and O–H groups in total. The number of hydrogen-bond donors (Lipinski definition) is 3. The topological polar surface area (TPSA) is 113 Å². The summed E-state index contributed by atoms with van der Waals surface area (Å²) in [6.45, 7) is 5.96. The average Bonchev–Trinajstić information content (AvgIpc) is 2.96. The van der Waals surface area contributed by atoms with E-state index in [0.717, 1.165) is 67.9 Å². The van der Waals surface area contributed by atoms with E-state index in [2.05, 4.69) is 4.90 Å². The van der Waals surface area contributed by atoms with Crippen molar-refractivity contribution < 1.29 is 23.4 Å². The fourth-order valence-electron chi connectivity index (χ4n) is 6.24. The smallest absolute Gasteiger partial charge is 0.248 e. The fourth-order valence-corrected chi connectivity index (χ4v) is 7.38. The van der Waals surface area contributed by atoms with Crippen molar-refractivity contribution in [2.75, 3.05) is 18.0 Å². The van der Waals surface area contributed by atoms with Crippen LogP contribution in [-0.2, 0) is 24.1 Å². The second kappa shape index (κ2) is 15.4. The molecule has 1 fully saturated rings. The molecule has 230 valence electrons. The number of benzene rings is 2. The standard InChI is InChI=1S/C33H45ClN2O5S/c1-3-7-32(42(39)40)22(2)8-6-10-30(37)28-15-12-25(28)20-36-17-5-4-9-23-18-27(34)14-11-26(23)21-41-31-16-13-24(33(35)38)19-29(31)36/h6,10-11,13-14,16,18-19,22,25,28,30,32,37H,3-5,7-9,12,15,17,20-21H2,1-2H3,(H2,35,38)(H,39,40)/b10-6+/t22-,25+,28-,30+,32-/m1/s1. The first-order chi connectivity index (χ1) is 20.2. The molecular formula is C33H45ClN2O5S. The lowest BCUT2D eigenvalue weighted by molar-refractivity contribution is 0.0461. The van der Waals surface area contributed by atoms with E-state index in [1.165, 1.54) is 5.56 Å². The normalized spacial score (nSPS) is 22.1. The molecule has 1 heterocycles. The summed E-state index contributed by atoms with van der Waals surface area (Å²) in [4.78, 5) is 14.4. The Balaban J connectivity index is 1.48. The quantitative estimate of drug-likeness (QED) is 0.196. The second-order valence-electron chi connectivity index (χ2n) is 11.9. The van der Waals surface area contributed by atoms with Gasteiger partial charge in [-0.3, -0.25) is 4.79 Å². The maximum atomic E-state index is 12.1. The highest BCUT2D eigenvalue weighted by atomic mass is 35.5. The molecule has 2 aromatic carbocycles. The Morgan fingerprint density at radius 2 is 2.02 bits per heavy atom. The molecule has 7 nitrogen and oxygen atoms in total. The Morgan fingerprint density at radius 1 is 1.21 bits per heavy atom. The van der Waals surface area contributed by atoms with E-state index >= 15 is 0 Å². The molecule has 0 aromatic heterocycles. The summed E-state index contributed by atoms with van der Waals surface area (Å²) in [7, 11) is 0. The fraction of sp³-hybridized carbons (Fsp3) is 0.545. The van der Waals surface area contributed by atoms with Crippen molar-refractivity contribution in [3.05, 3.63) is 70.3 Å². The minimum Gasteiger partial charge on any atom is -0.487 e. The highest BCUT2D eigenvalue weighted by molar-refractivity contribution is 7.79. The predicted octanol–water partition coefficient (Wildman–Crippen LogP) is 6.52. The summed E-state index contributed by atoms with van der Waals surface area (Å²) < 4.78 is 27.8. The van der Waals surface area contributed by atoms with Gasteiger partial charge in [0.05, 0.1) is 17.0 Å². The summed E-state index contributed by atoms with van der Waals surface area (Å²) in [5.41, 5.74) is 9.25. The molecule has 2 aliphatic rings. The van der Waals surface area contributed by atoms with E-state index in [-0.39, 0.29) is 23.0 Å². The Hall–Kier alpha value is -2.39. The molecule has 4 rings (SSSR count). The van der Waals surface area contributed by atoms with Crippen LogP contribution in [0.1, 0.15) is 80.3 Å². The minimum absolute atomic E-state index is 0.0627. The first-order valence-electron chi connectivity index (χ1n) is 15.2. The van der Waals surface area contributed by atoms with Crippen LogP contribution < -0.4 is 15.4 Å². The number of nitrogens with zero attached hydrogens (tertiary/aromatic N) is 1. The first kappa shape index (κ1) is 32.5. The van der Waals surface area contributed by atoms with Gasteiger partial charge in [-0.05, 0) is 104 Å². The Labute approximate surface area is 257 Å². The predicted molar refractivity (Wildman–Crippen MR) is 171 cm³/mol. The van der Waals surface area contributed by atoms with Gasteiger partial charge in [0, 0.05) is 23.7 Å². The van der Waals surface area contributed by atoms with Gasteiger partial charge in [0.2, 0.25) is 5.91 Å². The third-order valence-corrected chi connectivity index (χ3v) is 10.4. The molecule has 9 heteroatoms.